The number of aliphatic hydroxyl groups is 1. The summed E-state index contributed by atoms with van der Waals surface area (Å²) in [6.07, 6.45) is 3.51. The van der Waals surface area contributed by atoms with Gasteiger partial charge in [0.15, 0.2) is 0 Å². The third-order valence-corrected chi connectivity index (χ3v) is 2.73. The summed E-state index contributed by atoms with van der Waals surface area (Å²) in [5, 5.41) is 12.2. The molecular weight excluding hydrogens is 166 g/mol. The van der Waals surface area contributed by atoms with Crippen LogP contribution in [0, 0.1) is 5.92 Å². The van der Waals surface area contributed by atoms with Crippen molar-refractivity contribution in [3.63, 3.8) is 0 Å². The van der Waals surface area contributed by atoms with Crippen molar-refractivity contribution in [3.05, 3.63) is 0 Å². The minimum Gasteiger partial charge on any atom is -0.391 e. The summed E-state index contributed by atoms with van der Waals surface area (Å²) in [5.74, 6) is 0.430. The molecule has 0 saturated carbocycles. The maximum Gasteiger partial charge on any atom is 0.220 e. The average Bonchev–Trinajstić information content (AvgIpc) is 2.43. The van der Waals surface area contributed by atoms with Gasteiger partial charge in [0.25, 0.3) is 0 Å². The highest BCUT2D eigenvalue weighted by molar-refractivity contribution is 5.79. The zero-order valence-electron chi connectivity index (χ0n) is 8.42. The summed E-state index contributed by atoms with van der Waals surface area (Å²) >= 11 is 0. The summed E-state index contributed by atoms with van der Waals surface area (Å²) in [6.45, 7) is 3.89. The van der Waals surface area contributed by atoms with Gasteiger partial charge in [0, 0.05) is 6.42 Å². The summed E-state index contributed by atoms with van der Waals surface area (Å²) < 4.78 is 0. The highest BCUT2D eigenvalue weighted by Gasteiger charge is 2.34. The Bertz CT molecular complexity index is 180. The van der Waals surface area contributed by atoms with Crippen molar-refractivity contribution >= 4 is 5.91 Å². The van der Waals surface area contributed by atoms with E-state index in [1.165, 1.54) is 0 Å². The summed E-state index contributed by atoms with van der Waals surface area (Å²) in [5.41, 5.74) is 0. The number of carbonyl (C=O) groups is 1. The molecule has 0 bridgehead atoms. The van der Waals surface area contributed by atoms with Gasteiger partial charge in [-0.05, 0) is 19.3 Å². The molecule has 76 valence electrons. The molecule has 0 aromatic carbocycles. The number of amides is 1. The normalized spacial score (nSPS) is 30.2. The lowest BCUT2D eigenvalue weighted by atomic mass is 9.92. The van der Waals surface area contributed by atoms with Gasteiger partial charge >= 0.3 is 0 Å². The van der Waals surface area contributed by atoms with Crippen LogP contribution in [-0.2, 0) is 4.79 Å². The molecule has 3 heteroatoms. The Morgan fingerprint density at radius 2 is 2.38 bits per heavy atom. The fourth-order valence-electron chi connectivity index (χ4n) is 1.99. The van der Waals surface area contributed by atoms with Gasteiger partial charge in [0.05, 0.1) is 12.1 Å². The molecule has 0 spiro atoms. The van der Waals surface area contributed by atoms with E-state index < -0.39 is 6.10 Å². The first kappa shape index (κ1) is 10.5. The predicted molar refractivity (Wildman–Crippen MR) is 51.2 cm³/mol. The molecule has 3 nitrogen and oxygen atoms in total. The number of rotatable bonds is 4. The standard InChI is InChI=1S/C10H19NO2/c1-3-4-5-8-6-9(13)11-10(8)7(2)12/h7-8,10,12H,3-6H2,1-2H3,(H,11,13)/t7-,8-,10+/m1/s1. The van der Waals surface area contributed by atoms with Crippen molar-refractivity contribution in [3.8, 4) is 0 Å². The Morgan fingerprint density at radius 3 is 2.92 bits per heavy atom. The predicted octanol–water partition coefficient (Wildman–Crippen LogP) is 1.06. The molecule has 3 atom stereocenters. The Kier molecular flexibility index (Phi) is 3.72. The van der Waals surface area contributed by atoms with E-state index >= 15 is 0 Å². The number of hydrogen-bond acceptors (Lipinski definition) is 2. The highest BCUT2D eigenvalue weighted by atomic mass is 16.3. The zero-order chi connectivity index (χ0) is 9.84. The van der Waals surface area contributed by atoms with Crippen LogP contribution in [0.5, 0.6) is 0 Å². The topological polar surface area (TPSA) is 49.3 Å². The average molecular weight is 185 g/mol. The second-order valence-corrected chi connectivity index (χ2v) is 3.94. The molecule has 1 fully saturated rings. The monoisotopic (exact) mass is 185 g/mol. The fraction of sp³-hybridized carbons (Fsp3) is 0.900. The van der Waals surface area contributed by atoms with E-state index in [-0.39, 0.29) is 11.9 Å². The second-order valence-electron chi connectivity index (χ2n) is 3.94. The molecular formula is C10H19NO2. The number of nitrogens with one attached hydrogen (secondary N) is 1. The molecule has 1 saturated heterocycles. The second kappa shape index (κ2) is 4.61. The first-order valence-corrected chi connectivity index (χ1v) is 5.12. The number of unbranched alkanes of at least 4 members (excludes halogenated alkanes) is 1. The van der Waals surface area contributed by atoms with E-state index in [9.17, 15) is 9.90 Å². The maximum absolute atomic E-state index is 11.1. The lowest BCUT2D eigenvalue weighted by Gasteiger charge is -2.20. The van der Waals surface area contributed by atoms with E-state index in [2.05, 4.69) is 12.2 Å². The summed E-state index contributed by atoms with van der Waals surface area (Å²) in [6, 6.07) is -0.0148. The molecule has 0 aromatic rings. The largest absolute Gasteiger partial charge is 0.391 e. The van der Waals surface area contributed by atoms with Gasteiger partial charge in [-0.15, -0.1) is 0 Å². The summed E-state index contributed by atoms with van der Waals surface area (Å²) in [7, 11) is 0. The van der Waals surface area contributed by atoms with Gasteiger partial charge in [-0.25, -0.2) is 0 Å². The zero-order valence-corrected chi connectivity index (χ0v) is 8.42. The molecule has 1 aliphatic heterocycles. The molecule has 0 aliphatic carbocycles. The fourth-order valence-corrected chi connectivity index (χ4v) is 1.99. The van der Waals surface area contributed by atoms with E-state index in [0.29, 0.717) is 12.3 Å². The lowest BCUT2D eigenvalue weighted by Crippen LogP contribution is -2.38. The number of aliphatic hydroxyl groups excluding tert-OH is 1. The number of hydrogen-bond donors (Lipinski definition) is 2. The van der Waals surface area contributed by atoms with Crippen molar-refractivity contribution in [2.24, 2.45) is 5.92 Å². The van der Waals surface area contributed by atoms with Crippen LogP contribution in [0.15, 0.2) is 0 Å². The molecule has 1 rings (SSSR count). The van der Waals surface area contributed by atoms with Crippen LogP contribution >= 0.6 is 0 Å². The van der Waals surface area contributed by atoms with Crippen LogP contribution in [0.3, 0.4) is 0 Å². The minimum absolute atomic E-state index is 0.0148. The van der Waals surface area contributed by atoms with Gasteiger partial charge in [0.1, 0.15) is 0 Å². The van der Waals surface area contributed by atoms with Crippen LogP contribution < -0.4 is 5.32 Å². The van der Waals surface area contributed by atoms with E-state index in [0.717, 1.165) is 19.3 Å². The van der Waals surface area contributed by atoms with Gasteiger partial charge < -0.3 is 10.4 Å². The molecule has 1 heterocycles. The van der Waals surface area contributed by atoms with Gasteiger partial charge in [0.2, 0.25) is 5.91 Å². The SMILES string of the molecule is CCCC[C@@H]1CC(=O)N[C@H]1[C@@H](C)O. The van der Waals surface area contributed by atoms with Crippen LogP contribution in [0.4, 0.5) is 0 Å². The molecule has 0 unspecified atom stereocenters. The van der Waals surface area contributed by atoms with Gasteiger partial charge in [-0.1, -0.05) is 19.8 Å². The van der Waals surface area contributed by atoms with E-state index in [1.54, 1.807) is 6.92 Å². The van der Waals surface area contributed by atoms with Crippen LogP contribution in [-0.4, -0.2) is 23.2 Å². The van der Waals surface area contributed by atoms with Crippen molar-refractivity contribution in [1.82, 2.24) is 5.32 Å². The first-order valence-electron chi connectivity index (χ1n) is 5.12. The number of carbonyl (C=O) groups excluding carboxylic acids is 1. The van der Waals surface area contributed by atoms with Crippen molar-refractivity contribution in [1.29, 1.82) is 0 Å². The smallest absolute Gasteiger partial charge is 0.220 e. The molecule has 1 amide bonds. The van der Waals surface area contributed by atoms with Crippen molar-refractivity contribution in [2.45, 2.75) is 51.7 Å². The Balaban J connectivity index is 2.45. The molecule has 13 heavy (non-hydrogen) atoms. The van der Waals surface area contributed by atoms with Gasteiger partial charge in [-0.3, -0.25) is 4.79 Å². The maximum atomic E-state index is 11.1. The Morgan fingerprint density at radius 1 is 1.69 bits per heavy atom. The lowest BCUT2D eigenvalue weighted by molar-refractivity contribution is -0.119. The van der Waals surface area contributed by atoms with E-state index in [1.807, 2.05) is 0 Å². The van der Waals surface area contributed by atoms with Crippen LogP contribution in [0.25, 0.3) is 0 Å². The molecule has 0 radical (unpaired) electrons. The molecule has 0 aromatic heterocycles. The highest BCUT2D eigenvalue weighted by Crippen LogP contribution is 2.24. The first-order chi connectivity index (χ1) is 6.15. The van der Waals surface area contributed by atoms with Crippen LogP contribution in [0.2, 0.25) is 0 Å². The van der Waals surface area contributed by atoms with Gasteiger partial charge in [-0.2, -0.15) is 0 Å². The Hall–Kier alpha value is -0.570. The summed E-state index contributed by atoms with van der Waals surface area (Å²) in [4.78, 5) is 11.1. The van der Waals surface area contributed by atoms with E-state index in [4.69, 9.17) is 0 Å². The third-order valence-electron chi connectivity index (χ3n) is 2.73. The quantitative estimate of drug-likeness (QED) is 0.688. The van der Waals surface area contributed by atoms with Crippen LogP contribution in [0.1, 0.15) is 39.5 Å². The Labute approximate surface area is 79.5 Å². The molecule has 1 aliphatic rings. The van der Waals surface area contributed by atoms with Crippen molar-refractivity contribution in [2.75, 3.05) is 0 Å². The van der Waals surface area contributed by atoms with Crippen molar-refractivity contribution < 1.29 is 9.90 Å². The third kappa shape index (κ3) is 2.69. The molecule has 2 N–H and O–H groups in total. The minimum atomic E-state index is -0.423.